The van der Waals surface area contributed by atoms with E-state index < -0.39 is 0 Å². The van der Waals surface area contributed by atoms with Gasteiger partial charge in [0.05, 0.1) is 6.67 Å². The lowest BCUT2D eigenvalue weighted by atomic mass is 10.0. The molecule has 1 aliphatic heterocycles. The van der Waals surface area contributed by atoms with E-state index in [0.717, 1.165) is 6.67 Å². The van der Waals surface area contributed by atoms with E-state index in [1.54, 1.807) is 0 Å². The lowest BCUT2D eigenvalue weighted by Crippen LogP contribution is -2.26. The molecule has 1 aromatic carbocycles. The van der Waals surface area contributed by atoms with Gasteiger partial charge in [-0.3, -0.25) is 0 Å². The minimum absolute atomic E-state index is 1.00. The SMILES string of the molecule is CCCCCCCCCCCCN1C=CN(c2c(C)cc(C)cc2C)C1. The average molecular weight is 357 g/mol. The molecule has 1 aromatic rings. The van der Waals surface area contributed by atoms with Gasteiger partial charge in [-0.1, -0.05) is 82.4 Å². The van der Waals surface area contributed by atoms with Crippen molar-refractivity contribution in [3.63, 3.8) is 0 Å². The summed E-state index contributed by atoms with van der Waals surface area (Å²) in [5.74, 6) is 0. The maximum atomic E-state index is 2.46. The summed E-state index contributed by atoms with van der Waals surface area (Å²) in [6, 6.07) is 4.59. The van der Waals surface area contributed by atoms with E-state index in [-0.39, 0.29) is 0 Å². The predicted octanol–water partition coefficient (Wildman–Crippen LogP) is 7.08. The fraction of sp³-hybridized carbons (Fsp3) is 0.667. The highest BCUT2D eigenvalue weighted by Gasteiger charge is 2.17. The van der Waals surface area contributed by atoms with Crippen LogP contribution >= 0.6 is 0 Å². The quantitative estimate of drug-likeness (QED) is 0.369. The monoisotopic (exact) mass is 356 g/mol. The second kappa shape index (κ2) is 11.3. The minimum Gasteiger partial charge on any atom is -0.358 e. The first-order valence-corrected chi connectivity index (χ1v) is 10.9. The molecule has 0 saturated carbocycles. The molecule has 0 bridgehead atoms. The predicted molar refractivity (Wildman–Crippen MR) is 116 cm³/mol. The Labute approximate surface area is 162 Å². The lowest BCUT2D eigenvalue weighted by molar-refractivity contribution is 0.387. The summed E-state index contributed by atoms with van der Waals surface area (Å²) in [5, 5.41) is 0. The van der Waals surface area contributed by atoms with Crippen LogP contribution in [0.2, 0.25) is 0 Å². The molecule has 0 unspecified atom stereocenters. The van der Waals surface area contributed by atoms with Crippen molar-refractivity contribution in [2.45, 2.75) is 91.9 Å². The Morgan fingerprint density at radius 1 is 0.731 bits per heavy atom. The van der Waals surface area contributed by atoms with Gasteiger partial charge < -0.3 is 9.80 Å². The Hall–Kier alpha value is -1.44. The van der Waals surface area contributed by atoms with E-state index >= 15 is 0 Å². The maximum absolute atomic E-state index is 2.46. The summed E-state index contributed by atoms with van der Waals surface area (Å²) in [4.78, 5) is 4.86. The summed E-state index contributed by atoms with van der Waals surface area (Å²) in [6.07, 6.45) is 18.6. The summed E-state index contributed by atoms with van der Waals surface area (Å²) in [5.41, 5.74) is 5.51. The molecule has 0 fully saturated rings. The van der Waals surface area contributed by atoms with Gasteiger partial charge in [-0.05, 0) is 38.3 Å². The molecule has 1 heterocycles. The van der Waals surface area contributed by atoms with Gasteiger partial charge >= 0.3 is 0 Å². The van der Waals surface area contributed by atoms with E-state index in [9.17, 15) is 0 Å². The molecule has 0 N–H and O–H groups in total. The highest BCUT2D eigenvalue weighted by molar-refractivity contribution is 5.62. The van der Waals surface area contributed by atoms with Gasteiger partial charge in [-0.2, -0.15) is 0 Å². The van der Waals surface area contributed by atoms with E-state index in [0.29, 0.717) is 0 Å². The molecule has 0 amide bonds. The molecular weight excluding hydrogens is 316 g/mol. The zero-order chi connectivity index (χ0) is 18.8. The molecule has 26 heavy (non-hydrogen) atoms. The van der Waals surface area contributed by atoms with Crippen LogP contribution in [0, 0.1) is 20.8 Å². The Bertz CT molecular complexity index is 538. The summed E-state index contributed by atoms with van der Waals surface area (Å²) < 4.78 is 0. The molecule has 2 rings (SSSR count). The van der Waals surface area contributed by atoms with Crippen molar-refractivity contribution in [3.8, 4) is 0 Å². The van der Waals surface area contributed by atoms with Crippen molar-refractivity contribution in [2.24, 2.45) is 0 Å². The Kier molecular flexibility index (Phi) is 9.08. The molecule has 2 nitrogen and oxygen atoms in total. The summed E-state index contributed by atoms with van der Waals surface area (Å²) in [6.45, 7) is 11.1. The van der Waals surface area contributed by atoms with Crippen LogP contribution in [0.3, 0.4) is 0 Å². The number of unbranched alkanes of at least 4 members (excludes halogenated alkanes) is 9. The third kappa shape index (κ3) is 6.70. The molecule has 0 spiro atoms. The van der Waals surface area contributed by atoms with E-state index in [1.165, 1.54) is 93.1 Å². The van der Waals surface area contributed by atoms with E-state index in [2.05, 4.69) is 62.0 Å². The van der Waals surface area contributed by atoms with Crippen LogP contribution in [0.4, 0.5) is 5.69 Å². The average Bonchev–Trinajstić information content (AvgIpc) is 3.04. The van der Waals surface area contributed by atoms with Gasteiger partial charge in [0.2, 0.25) is 0 Å². The first-order valence-electron chi connectivity index (χ1n) is 10.9. The van der Waals surface area contributed by atoms with Crippen molar-refractivity contribution >= 4 is 5.69 Å². The zero-order valence-corrected chi connectivity index (χ0v) is 17.7. The highest BCUT2D eigenvalue weighted by Crippen LogP contribution is 2.28. The van der Waals surface area contributed by atoms with Crippen LogP contribution < -0.4 is 4.90 Å². The normalized spacial score (nSPS) is 13.8. The van der Waals surface area contributed by atoms with Crippen LogP contribution in [-0.2, 0) is 0 Å². The standard InChI is InChI=1S/C24H40N2/c1-5-6-7-8-9-10-11-12-13-14-15-25-16-17-26(20-25)24-22(3)18-21(2)19-23(24)4/h16-19H,5-15,20H2,1-4H3. The minimum atomic E-state index is 1.00. The van der Waals surface area contributed by atoms with Crippen molar-refractivity contribution in [3.05, 3.63) is 41.2 Å². The number of hydrogen-bond acceptors (Lipinski definition) is 2. The van der Waals surface area contributed by atoms with Crippen LogP contribution in [0.15, 0.2) is 24.5 Å². The number of rotatable bonds is 12. The van der Waals surface area contributed by atoms with E-state index in [4.69, 9.17) is 0 Å². The third-order valence-corrected chi connectivity index (χ3v) is 5.51. The van der Waals surface area contributed by atoms with Crippen molar-refractivity contribution < 1.29 is 0 Å². The van der Waals surface area contributed by atoms with Crippen molar-refractivity contribution in [1.82, 2.24) is 4.90 Å². The fourth-order valence-electron chi connectivity index (χ4n) is 4.18. The van der Waals surface area contributed by atoms with Gasteiger partial charge in [0.15, 0.2) is 0 Å². The second-order valence-corrected chi connectivity index (χ2v) is 8.15. The van der Waals surface area contributed by atoms with Gasteiger partial charge in [0, 0.05) is 24.6 Å². The van der Waals surface area contributed by atoms with Gasteiger partial charge in [0.25, 0.3) is 0 Å². The summed E-state index contributed by atoms with van der Waals surface area (Å²) >= 11 is 0. The number of nitrogens with zero attached hydrogens (tertiary/aromatic N) is 2. The van der Waals surface area contributed by atoms with Crippen molar-refractivity contribution in [1.29, 1.82) is 0 Å². The Morgan fingerprint density at radius 3 is 1.85 bits per heavy atom. The van der Waals surface area contributed by atoms with Gasteiger partial charge in [0.1, 0.15) is 0 Å². The Morgan fingerprint density at radius 2 is 1.27 bits per heavy atom. The first-order chi connectivity index (χ1) is 12.6. The fourth-order valence-corrected chi connectivity index (χ4v) is 4.18. The number of anilines is 1. The molecule has 0 aliphatic carbocycles. The van der Waals surface area contributed by atoms with Crippen LogP contribution in [-0.4, -0.2) is 18.1 Å². The molecular formula is C24H40N2. The Balaban J connectivity index is 1.59. The van der Waals surface area contributed by atoms with E-state index in [1.807, 2.05) is 0 Å². The highest BCUT2D eigenvalue weighted by atomic mass is 15.3. The lowest BCUT2D eigenvalue weighted by Gasteiger charge is -2.24. The number of aryl methyl sites for hydroxylation is 3. The maximum Gasteiger partial charge on any atom is 0.0942 e. The molecule has 0 radical (unpaired) electrons. The molecule has 146 valence electrons. The summed E-state index contributed by atoms with van der Waals surface area (Å²) in [7, 11) is 0. The van der Waals surface area contributed by atoms with Crippen LogP contribution in [0.1, 0.15) is 87.8 Å². The second-order valence-electron chi connectivity index (χ2n) is 8.15. The van der Waals surface area contributed by atoms with Gasteiger partial charge in [-0.25, -0.2) is 0 Å². The number of benzene rings is 1. The number of hydrogen-bond donors (Lipinski definition) is 0. The molecule has 0 saturated heterocycles. The molecule has 0 aromatic heterocycles. The van der Waals surface area contributed by atoms with Crippen LogP contribution in [0.25, 0.3) is 0 Å². The molecule has 1 aliphatic rings. The largest absolute Gasteiger partial charge is 0.358 e. The van der Waals surface area contributed by atoms with Crippen LogP contribution in [0.5, 0.6) is 0 Å². The first kappa shape index (κ1) is 20.9. The molecule has 2 heteroatoms. The zero-order valence-electron chi connectivity index (χ0n) is 17.7. The molecule has 0 atom stereocenters. The third-order valence-electron chi connectivity index (χ3n) is 5.51. The smallest absolute Gasteiger partial charge is 0.0942 e. The topological polar surface area (TPSA) is 6.48 Å². The van der Waals surface area contributed by atoms with Gasteiger partial charge in [-0.15, -0.1) is 0 Å². The van der Waals surface area contributed by atoms with Crippen molar-refractivity contribution in [2.75, 3.05) is 18.1 Å².